The number of sulfonamides is 1. The minimum atomic E-state index is -3.38. The van der Waals surface area contributed by atoms with Gasteiger partial charge in [0.05, 0.1) is 11.5 Å². The Morgan fingerprint density at radius 3 is 2.50 bits per heavy atom. The SMILES string of the molecule is CCNS(=O)(=O)c1ccc(OCC2CCNCC2)cc1. The first-order valence-corrected chi connectivity index (χ1v) is 8.53. The molecule has 0 spiro atoms. The quantitative estimate of drug-likeness (QED) is 0.832. The van der Waals surface area contributed by atoms with Gasteiger partial charge in [-0.15, -0.1) is 0 Å². The molecule has 6 heteroatoms. The average Bonchev–Trinajstić information content (AvgIpc) is 2.47. The predicted octanol–water partition coefficient (Wildman–Crippen LogP) is 1.36. The Morgan fingerprint density at radius 2 is 1.90 bits per heavy atom. The Bertz CT molecular complexity index is 508. The lowest BCUT2D eigenvalue weighted by molar-refractivity contribution is 0.215. The molecule has 0 aliphatic carbocycles. The van der Waals surface area contributed by atoms with Crippen LogP contribution in [0.4, 0.5) is 0 Å². The molecule has 5 nitrogen and oxygen atoms in total. The van der Waals surface area contributed by atoms with Crippen LogP contribution in [-0.2, 0) is 10.0 Å². The van der Waals surface area contributed by atoms with Crippen LogP contribution in [0, 0.1) is 5.92 Å². The summed E-state index contributed by atoms with van der Waals surface area (Å²) in [5.74, 6) is 1.31. The van der Waals surface area contributed by atoms with E-state index in [1.54, 1.807) is 31.2 Å². The molecule has 1 fully saturated rings. The zero-order chi connectivity index (χ0) is 14.4. The maximum atomic E-state index is 11.8. The van der Waals surface area contributed by atoms with Crippen LogP contribution >= 0.6 is 0 Å². The second kappa shape index (κ2) is 7.06. The maximum Gasteiger partial charge on any atom is 0.240 e. The first-order chi connectivity index (χ1) is 9.62. The van der Waals surface area contributed by atoms with Crippen LogP contribution in [0.3, 0.4) is 0 Å². The summed E-state index contributed by atoms with van der Waals surface area (Å²) in [5.41, 5.74) is 0. The molecule has 0 radical (unpaired) electrons. The van der Waals surface area contributed by atoms with Crippen molar-refractivity contribution in [2.45, 2.75) is 24.7 Å². The van der Waals surface area contributed by atoms with Gasteiger partial charge >= 0.3 is 0 Å². The highest BCUT2D eigenvalue weighted by molar-refractivity contribution is 7.89. The summed E-state index contributed by atoms with van der Waals surface area (Å²) in [6, 6.07) is 6.59. The van der Waals surface area contributed by atoms with Gasteiger partial charge in [-0.25, -0.2) is 13.1 Å². The van der Waals surface area contributed by atoms with Crippen LogP contribution in [0.2, 0.25) is 0 Å². The first kappa shape index (κ1) is 15.3. The maximum absolute atomic E-state index is 11.8. The molecule has 1 aromatic rings. The Labute approximate surface area is 120 Å². The molecule has 1 aliphatic heterocycles. The van der Waals surface area contributed by atoms with Crippen LogP contribution in [-0.4, -0.2) is 34.7 Å². The molecule has 0 bridgehead atoms. The van der Waals surface area contributed by atoms with Crippen molar-refractivity contribution in [3.63, 3.8) is 0 Å². The van der Waals surface area contributed by atoms with Crippen molar-refractivity contribution in [2.75, 3.05) is 26.2 Å². The molecule has 0 atom stereocenters. The fourth-order valence-corrected chi connectivity index (χ4v) is 3.29. The average molecular weight is 298 g/mol. The molecule has 1 saturated heterocycles. The van der Waals surface area contributed by atoms with Gasteiger partial charge in [0.1, 0.15) is 5.75 Å². The van der Waals surface area contributed by atoms with E-state index in [2.05, 4.69) is 10.0 Å². The summed E-state index contributed by atoms with van der Waals surface area (Å²) in [5, 5.41) is 3.32. The van der Waals surface area contributed by atoms with Gasteiger partial charge in [0.2, 0.25) is 10.0 Å². The molecule has 112 valence electrons. The number of ether oxygens (including phenoxy) is 1. The van der Waals surface area contributed by atoms with E-state index in [-0.39, 0.29) is 4.90 Å². The van der Waals surface area contributed by atoms with E-state index in [1.807, 2.05) is 0 Å². The lowest BCUT2D eigenvalue weighted by atomic mass is 9.99. The van der Waals surface area contributed by atoms with E-state index in [0.29, 0.717) is 19.1 Å². The molecule has 20 heavy (non-hydrogen) atoms. The Morgan fingerprint density at radius 1 is 1.25 bits per heavy atom. The molecule has 0 amide bonds. The minimum absolute atomic E-state index is 0.272. The molecule has 1 aliphatic rings. The topological polar surface area (TPSA) is 67.4 Å². The normalized spacial score (nSPS) is 17.1. The first-order valence-electron chi connectivity index (χ1n) is 7.05. The van der Waals surface area contributed by atoms with Gasteiger partial charge in [-0.3, -0.25) is 0 Å². The van der Waals surface area contributed by atoms with Crippen molar-refractivity contribution in [1.29, 1.82) is 0 Å². The van der Waals surface area contributed by atoms with Crippen molar-refractivity contribution in [3.8, 4) is 5.75 Å². The second-order valence-corrected chi connectivity index (χ2v) is 6.74. The van der Waals surface area contributed by atoms with E-state index in [1.165, 1.54) is 0 Å². The van der Waals surface area contributed by atoms with E-state index < -0.39 is 10.0 Å². The monoisotopic (exact) mass is 298 g/mol. The molecule has 0 aromatic heterocycles. The highest BCUT2D eigenvalue weighted by Crippen LogP contribution is 2.18. The van der Waals surface area contributed by atoms with Gasteiger partial charge in [0.15, 0.2) is 0 Å². The highest BCUT2D eigenvalue weighted by atomic mass is 32.2. The van der Waals surface area contributed by atoms with E-state index >= 15 is 0 Å². The number of hydrogen-bond donors (Lipinski definition) is 2. The van der Waals surface area contributed by atoms with Crippen LogP contribution in [0.1, 0.15) is 19.8 Å². The summed E-state index contributed by atoms with van der Waals surface area (Å²) in [6.07, 6.45) is 2.26. The van der Waals surface area contributed by atoms with Crippen molar-refractivity contribution >= 4 is 10.0 Å². The summed E-state index contributed by atoms with van der Waals surface area (Å²) in [7, 11) is -3.38. The third-order valence-electron chi connectivity index (χ3n) is 3.41. The molecular weight excluding hydrogens is 276 g/mol. The van der Waals surface area contributed by atoms with Gasteiger partial charge in [-0.2, -0.15) is 0 Å². The Kier molecular flexibility index (Phi) is 5.39. The van der Waals surface area contributed by atoms with Gasteiger partial charge in [-0.05, 0) is 56.1 Å². The molecule has 1 aromatic carbocycles. The smallest absolute Gasteiger partial charge is 0.240 e. The number of nitrogens with one attached hydrogen (secondary N) is 2. The van der Waals surface area contributed by atoms with E-state index in [4.69, 9.17) is 4.74 Å². The molecular formula is C14H22N2O3S. The van der Waals surface area contributed by atoms with E-state index in [0.717, 1.165) is 31.7 Å². The zero-order valence-electron chi connectivity index (χ0n) is 11.8. The molecule has 2 rings (SSSR count). The van der Waals surface area contributed by atoms with Gasteiger partial charge in [0.25, 0.3) is 0 Å². The lowest BCUT2D eigenvalue weighted by Crippen LogP contribution is -2.30. The fraction of sp³-hybridized carbons (Fsp3) is 0.571. The standard InChI is InChI=1S/C14H22N2O3S/c1-2-16-20(17,18)14-5-3-13(4-6-14)19-11-12-7-9-15-10-8-12/h3-6,12,15-16H,2,7-11H2,1H3. The number of hydrogen-bond acceptors (Lipinski definition) is 4. The number of rotatable bonds is 6. The second-order valence-electron chi connectivity index (χ2n) is 4.98. The van der Waals surface area contributed by atoms with Crippen LogP contribution in [0.5, 0.6) is 5.75 Å². The number of benzene rings is 1. The highest BCUT2D eigenvalue weighted by Gasteiger charge is 2.15. The molecule has 2 N–H and O–H groups in total. The number of piperidine rings is 1. The van der Waals surface area contributed by atoms with E-state index in [9.17, 15) is 8.42 Å². The summed E-state index contributed by atoms with van der Waals surface area (Å²) < 4.78 is 31.8. The largest absolute Gasteiger partial charge is 0.493 e. The van der Waals surface area contributed by atoms with Crippen LogP contribution in [0.15, 0.2) is 29.2 Å². The van der Waals surface area contributed by atoms with Crippen LogP contribution in [0.25, 0.3) is 0 Å². The Balaban J connectivity index is 1.91. The summed E-state index contributed by atoms with van der Waals surface area (Å²) in [6.45, 7) is 4.94. The zero-order valence-corrected chi connectivity index (χ0v) is 12.6. The Hall–Kier alpha value is -1.11. The molecule has 1 heterocycles. The minimum Gasteiger partial charge on any atom is -0.493 e. The van der Waals surface area contributed by atoms with Gasteiger partial charge < -0.3 is 10.1 Å². The third-order valence-corrected chi connectivity index (χ3v) is 4.97. The van der Waals surface area contributed by atoms with Crippen molar-refractivity contribution in [1.82, 2.24) is 10.0 Å². The predicted molar refractivity (Wildman–Crippen MR) is 78.4 cm³/mol. The third kappa shape index (κ3) is 4.19. The summed E-state index contributed by atoms with van der Waals surface area (Å²) >= 11 is 0. The van der Waals surface area contributed by atoms with Crippen molar-refractivity contribution in [3.05, 3.63) is 24.3 Å². The fourth-order valence-electron chi connectivity index (χ4n) is 2.25. The van der Waals surface area contributed by atoms with Gasteiger partial charge in [-0.1, -0.05) is 6.92 Å². The molecule has 0 unspecified atom stereocenters. The van der Waals surface area contributed by atoms with Gasteiger partial charge in [0, 0.05) is 6.54 Å². The molecule has 0 saturated carbocycles. The lowest BCUT2D eigenvalue weighted by Gasteiger charge is -2.22. The van der Waals surface area contributed by atoms with Crippen molar-refractivity contribution < 1.29 is 13.2 Å². The summed E-state index contributed by atoms with van der Waals surface area (Å²) in [4.78, 5) is 0.272. The van der Waals surface area contributed by atoms with Crippen LogP contribution < -0.4 is 14.8 Å². The van der Waals surface area contributed by atoms with Crippen molar-refractivity contribution in [2.24, 2.45) is 5.92 Å².